The Kier molecular flexibility index (Phi) is 4.36. The highest BCUT2D eigenvalue weighted by atomic mass is 16.5. The third kappa shape index (κ3) is 3.17. The molecule has 0 aliphatic carbocycles. The Morgan fingerprint density at radius 2 is 2.19 bits per heavy atom. The van der Waals surface area contributed by atoms with Crippen LogP contribution in [0.1, 0.15) is 28.1 Å². The van der Waals surface area contributed by atoms with Crippen LogP contribution in [0.4, 0.5) is 0 Å². The molecule has 3 heterocycles. The molecule has 1 aliphatic heterocycles. The molecular weight excluding hydrogens is 350 g/mol. The van der Waals surface area contributed by atoms with Crippen LogP contribution in [0.15, 0.2) is 34.9 Å². The van der Waals surface area contributed by atoms with E-state index < -0.39 is 17.7 Å². The second-order valence-corrected chi connectivity index (χ2v) is 6.58. The van der Waals surface area contributed by atoms with E-state index in [-0.39, 0.29) is 31.5 Å². The van der Waals surface area contributed by atoms with Crippen molar-refractivity contribution in [1.82, 2.24) is 20.0 Å². The molecule has 0 saturated carbocycles. The monoisotopic (exact) mass is 369 g/mol. The molecule has 27 heavy (non-hydrogen) atoms. The molecule has 2 atom stereocenters. The topological polar surface area (TPSA) is 127 Å². The van der Waals surface area contributed by atoms with E-state index in [1.165, 1.54) is 7.11 Å². The van der Waals surface area contributed by atoms with Gasteiger partial charge >= 0.3 is 0 Å². The number of para-hydroxylation sites is 1. The van der Waals surface area contributed by atoms with E-state index in [0.717, 1.165) is 10.9 Å². The van der Waals surface area contributed by atoms with Gasteiger partial charge in [-0.3, -0.25) is 9.59 Å². The van der Waals surface area contributed by atoms with Gasteiger partial charge in [0, 0.05) is 31.1 Å². The number of primary amides is 1. The van der Waals surface area contributed by atoms with E-state index >= 15 is 0 Å². The molecular formula is C18H19N5O4. The van der Waals surface area contributed by atoms with Gasteiger partial charge in [-0.15, -0.1) is 0 Å². The van der Waals surface area contributed by atoms with Crippen LogP contribution in [0.5, 0.6) is 0 Å². The lowest BCUT2D eigenvalue weighted by Gasteiger charge is -2.14. The molecule has 0 radical (unpaired) electrons. The molecule has 2 unspecified atom stereocenters. The van der Waals surface area contributed by atoms with Crippen molar-refractivity contribution in [3.05, 3.63) is 47.7 Å². The Bertz CT molecular complexity index is 961. The minimum absolute atomic E-state index is 0.198. The summed E-state index contributed by atoms with van der Waals surface area (Å²) in [7, 11) is 1.53. The van der Waals surface area contributed by atoms with Crippen LogP contribution in [-0.2, 0) is 16.1 Å². The Morgan fingerprint density at radius 1 is 1.37 bits per heavy atom. The van der Waals surface area contributed by atoms with Gasteiger partial charge < -0.3 is 24.9 Å². The summed E-state index contributed by atoms with van der Waals surface area (Å²) >= 11 is 0. The molecule has 9 nitrogen and oxygen atoms in total. The molecule has 0 spiro atoms. The number of nitrogens with one attached hydrogen (secondary N) is 1. The van der Waals surface area contributed by atoms with Crippen LogP contribution >= 0.6 is 0 Å². The summed E-state index contributed by atoms with van der Waals surface area (Å²) in [6, 6.07) is 9.44. The summed E-state index contributed by atoms with van der Waals surface area (Å²) in [5, 5.41) is 4.78. The first-order valence-corrected chi connectivity index (χ1v) is 8.54. The fourth-order valence-corrected chi connectivity index (χ4v) is 3.47. The number of nitrogens with two attached hydrogens (primary N) is 1. The second-order valence-electron chi connectivity index (χ2n) is 6.58. The van der Waals surface area contributed by atoms with Crippen molar-refractivity contribution >= 4 is 22.7 Å². The third-order valence-electron chi connectivity index (χ3n) is 4.81. The standard InChI is InChI=1S/C18H19N5O4/c1-26-9-15-21-17(27-22-15)12-8-23(7-11(12)16(19)24)18(25)14-6-10-4-2-3-5-13(10)20-14/h2-6,11-12,20H,7-9H2,1H3,(H2,19,24). The van der Waals surface area contributed by atoms with E-state index in [4.69, 9.17) is 15.0 Å². The minimum Gasteiger partial charge on any atom is -0.377 e. The summed E-state index contributed by atoms with van der Waals surface area (Å²) in [5.74, 6) is -1.05. The number of rotatable bonds is 5. The largest absolute Gasteiger partial charge is 0.377 e. The van der Waals surface area contributed by atoms with Gasteiger partial charge in [0.25, 0.3) is 5.91 Å². The van der Waals surface area contributed by atoms with E-state index in [1.54, 1.807) is 11.0 Å². The fourth-order valence-electron chi connectivity index (χ4n) is 3.47. The molecule has 1 saturated heterocycles. The molecule has 2 aromatic heterocycles. The predicted molar refractivity (Wildman–Crippen MR) is 94.6 cm³/mol. The number of H-pyrrole nitrogens is 1. The highest BCUT2D eigenvalue weighted by Gasteiger charge is 2.43. The highest BCUT2D eigenvalue weighted by molar-refractivity contribution is 5.98. The van der Waals surface area contributed by atoms with Gasteiger partial charge in [-0.2, -0.15) is 4.98 Å². The van der Waals surface area contributed by atoms with Gasteiger partial charge in [-0.1, -0.05) is 23.4 Å². The number of nitrogens with zero attached hydrogens (tertiary/aromatic N) is 3. The maximum absolute atomic E-state index is 12.9. The van der Waals surface area contributed by atoms with Crippen LogP contribution in [0.25, 0.3) is 10.9 Å². The van der Waals surface area contributed by atoms with Crippen LogP contribution in [0.2, 0.25) is 0 Å². The number of fused-ring (bicyclic) bond motifs is 1. The summed E-state index contributed by atoms with van der Waals surface area (Å²) in [6.45, 7) is 0.682. The molecule has 2 amide bonds. The van der Waals surface area contributed by atoms with Crippen LogP contribution in [0, 0.1) is 5.92 Å². The van der Waals surface area contributed by atoms with Crippen molar-refractivity contribution in [2.45, 2.75) is 12.5 Å². The van der Waals surface area contributed by atoms with Crippen molar-refractivity contribution in [2.75, 3.05) is 20.2 Å². The van der Waals surface area contributed by atoms with Gasteiger partial charge in [0.05, 0.1) is 11.8 Å². The second kappa shape index (κ2) is 6.84. The van der Waals surface area contributed by atoms with Crippen molar-refractivity contribution in [3.8, 4) is 0 Å². The number of likely N-dealkylation sites (tertiary alicyclic amines) is 1. The SMILES string of the molecule is COCc1noc(C2CN(C(=O)c3cc4ccccc4[nH]3)CC2C(N)=O)n1. The van der Waals surface area contributed by atoms with E-state index in [1.807, 2.05) is 24.3 Å². The maximum Gasteiger partial charge on any atom is 0.270 e. The number of hydrogen-bond acceptors (Lipinski definition) is 6. The minimum atomic E-state index is -0.589. The summed E-state index contributed by atoms with van der Waals surface area (Å²) < 4.78 is 10.2. The number of methoxy groups -OCH3 is 1. The molecule has 3 aromatic rings. The molecule has 4 rings (SSSR count). The molecule has 1 aliphatic rings. The van der Waals surface area contributed by atoms with Crippen molar-refractivity contribution in [1.29, 1.82) is 0 Å². The average Bonchev–Trinajstić information content (AvgIpc) is 3.38. The zero-order chi connectivity index (χ0) is 19.0. The van der Waals surface area contributed by atoms with Gasteiger partial charge in [0.1, 0.15) is 12.3 Å². The highest BCUT2D eigenvalue weighted by Crippen LogP contribution is 2.32. The number of aromatic nitrogens is 3. The summed E-state index contributed by atoms with van der Waals surface area (Å²) in [6.07, 6.45) is 0. The van der Waals surface area contributed by atoms with Crippen molar-refractivity contribution in [3.63, 3.8) is 0 Å². The molecule has 3 N–H and O–H groups in total. The van der Waals surface area contributed by atoms with Gasteiger partial charge in [0.15, 0.2) is 5.82 Å². The zero-order valence-electron chi connectivity index (χ0n) is 14.7. The van der Waals surface area contributed by atoms with E-state index in [0.29, 0.717) is 11.5 Å². The van der Waals surface area contributed by atoms with Gasteiger partial charge in [-0.05, 0) is 12.1 Å². The number of benzene rings is 1. The first-order valence-electron chi connectivity index (χ1n) is 8.54. The number of ether oxygens (including phenoxy) is 1. The molecule has 0 bridgehead atoms. The third-order valence-corrected chi connectivity index (χ3v) is 4.81. The number of carbonyl (C=O) groups is 2. The predicted octanol–water partition coefficient (Wildman–Crippen LogP) is 1.04. The summed E-state index contributed by atoms with van der Waals surface area (Å²) in [5.41, 5.74) is 6.90. The maximum atomic E-state index is 12.9. The lowest BCUT2D eigenvalue weighted by atomic mass is 9.95. The molecule has 1 fully saturated rings. The Labute approximate surface area is 154 Å². The lowest BCUT2D eigenvalue weighted by Crippen LogP contribution is -2.32. The number of amides is 2. The van der Waals surface area contributed by atoms with Gasteiger partial charge in [0.2, 0.25) is 11.8 Å². The van der Waals surface area contributed by atoms with Crippen LogP contribution < -0.4 is 5.73 Å². The average molecular weight is 369 g/mol. The number of hydrogen-bond donors (Lipinski definition) is 2. The molecule has 9 heteroatoms. The molecule has 1 aromatic carbocycles. The number of aromatic amines is 1. The normalized spacial score (nSPS) is 19.7. The van der Waals surface area contributed by atoms with Crippen molar-refractivity contribution < 1.29 is 18.8 Å². The summed E-state index contributed by atoms with van der Waals surface area (Å²) in [4.78, 5) is 33.8. The Hall–Kier alpha value is -3.20. The first-order chi connectivity index (χ1) is 13.1. The van der Waals surface area contributed by atoms with Crippen molar-refractivity contribution in [2.24, 2.45) is 11.7 Å². The quantitative estimate of drug-likeness (QED) is 0.692. The first kappa shape index (κ1) is 17.2. The smallest absolute Gasteiger partial charge is 0.270 e. The van der Waals surface area contributed by atoms with E-state index in [2.05, 4.69) is 15.1 Å². The van der Waals surface area contributed by atoms with Gasteiger partial charge in [-0.25, -0.2) is 0 Å². The lowest BCUT2D eigenvalue weighted by molar-refractivity contribution is -0.121. The fraction of sp³-hybridized carbons (Fsp3) is 0.333. The van der Waals surface area contributed by atoms with Crippen LogP contribution in [0.3, 0.4) is 0 Å². The zero-order valence-corrected chi connectivity index (χ0v) is 14.7. The van der Waals surface area contributed by atoms with Crippen LogP contribution in [-0.4, -0.2) is 52.0 Å². The van der Waals surface area contributed by atoms with E-state index in [9.17, 15) is 9.59 Å². The molecule has 140 valence electrons. The Balaban J connectivity index is 1.58. The number of carbonyl (C=O) groups excluding carboxylic acids is 2. The Morgan fingerprint density at radius 3 is 2.93 bits per heavy atom.